The fraction of sp³-hybridized carbons (Fsp3) is 0.250. The van der Waals surface area contributed by atoms with Crippen molar-refractivity contribution < 1.29 is 51.8 Å². The third-order valence-corrected chi connectivity index (χ3v) is 1.22. The molecule has 0 bridgehead atoms. The van der Waals surface area contributed by atoms with E-state index in [0.717, 1.165) is 0 Å². The first-order valence-electron chi connectivity index (χ1n) is 5.44. The van der Waals surface area contributed by atoms with E-state index in [-0.39, 0.29) is 0 Å². The molecule has 0 aliphatic carbocycles. The predicted octanol–water partition coefficient (Wildman–Crippen LogP) is 6.20. The molecule has 0 N–H and O–H groups in total. The molecule has 0 aliphatic heterocycles. The highest BCUT2D eigenvalue weighted by molar-refractivity contribution is 6.50. The van der Waals surface area contributed by atoms with E-state index in [1.807, 2.05) is 0 Å². The van der Waals surface area contributed by atoms with E-state index in [4.69, 9.17) is 0 Å². The maximum Gasteiger partial charge on any atom is 0.673 e. The molecule has 0 unspecified atom stereocenters. The second kappa shape index (κ2) is 11.2. The Kier molecular flexibility index (Phi) is 12.8. The van der Waals surface area contributed by atoms with E-state index in [1.54, 1.807) is 0 Å². The molecular weight excluding hydrogens is 356 g/mol. The molecule has 23 heavy (non-hydrogen) atoms. The zero-order valence-electron chi connectivity index (χ0n) is 11.6. The molecule has 0 heterocycles. The number of rotatable bonds is 0. The fourth-order valence-electron chi connectivity index (χ4n) is 0.637. The van der Waals surface area contributed by atoms with Crippen molar-refractivity contribution in [3.05, 3.63) is 35.4 Å². The first-order chi connectivity index (χ1) is 9.79. The molecule has 0 fully saturated rings. The number of benzene rings is 1. The minimum atomic E-state index is -6.00. The van der Waals surface area contributed by atoms with Crippen LogP contribution < -0.4 is 0 Å². The van der Waals surface area contributed by atoms with Gasteiger partial charge in [0.2, 0.25) is 0 Å². The lowest BCUT2D eigenvalue weighted by molar-refractivity contribution is 0.366. The molecule has 0 amide bonds. The van der Waals surface area contributed by atoms with Gasteiger partial charge in [0, 0.05) is 0 Å². The molecule has 0 aromatic heterocycles. The molecule has 0 radical (unpaired) electrons. The maximum atomic E-state index is 9.75. The van der Waals surface area contributed by atoms with Crippen molar-refractivity contribution in [2.75, 3.05) is 0 Å². The lowest BCUT2D eigenvalue weighted by atomic mass is 10.2. The van der Waals surface area contributed by atoms with E-state index < -0.39 is 21.8 Å². The van der Waals surface area contributed by atoms with Gasteiger partial charge in [0.15, 0.2) is 0 Å². The quantitative estimate of drug-likeness (QED) is 0.378. The molecule has 1 aromatic carbocycles. The van der Waals surface area contributed by atoms with Crippen molar-refractivity contribution in [3.63, 3.8) is 0 Å². The maximum absolute atomic E-state index is 9.75. The predicted molar refractivity (Wildman–Crippen MR) is 66.5 cm³/mol. The SMILES string of the molecule is Cc1ccc(C)cc1.F[B-](F)(F)F.F[B-](F)(F)F.F[B-](F)(F)F. The molecule has 0 aliphatic rings. The van der Waals surface area contributed by atoms with Crippen LogP contribution in [-0.2, 0) is 0 Å². The summed E-state index contributed by atoms with van der Waals surface area (Å²) < 4.78 is 117. The van der Waals surface area contributed by atoms with Gasteiger partial charge in [-0.25, -0.2) is 0 Å². The molecule has 0 nitrogen and oxygen atoms in total. The van der Waals surface area contributed by atoms with Crippen molar-refractivity contribution in [2.24, 2.45) is 0 Å². The molecule has 0 saturated carbocycles. The van der Waals surface area contributed by atoms with Crippen LogP contribution >= 0.6 is 0 Å². The van der Waals surface area contributed by atoms with Crippen molar-refractivity contribution in [1.82, 2.24) is 0 Å². The van der Waals surface area contributed by atoms with Gasteiger partial charge in [-0.3, -0.25) is 0 Å². The molecule has 138 valence electrons. The third kappa shape index (κ3) is 96.5. The van der Waals surface area contributed by atoms with Gasteiger partial charge in [-0.2, -0.15) is 0 Å². The minimum Gasteiger partial charge on any atom is -0.418 e. The Morgan fingerprint density at radius 1 is 0.435 bits per heavy atom. The summed E-state index contributed by atoms with van der Waals surface area (Å²) in [6, 6.07) is 8.48. The van der Waals surface area contributed by atoms with Crippen LogP contribution in [0.15, 0.2) is 24.3 Å². The van der Waals surface area contributed by atoms with Crippen LogP contribution in [0.25, 0.3) is 0 Å². The molecule has 15 heteroatoms. The van der Waals surface area contributed by atoms with Crippen LogP contribution in [0, 0.1) is 13.8 Å². The topological polar surface area (TPSA) is 0 Å². The Bertz CT molecular complexity index is 325. The Hall–Kier alpha value is -1.43. The zero-order valence-corrected chi connectivity index (χ0v) is 11.6. The third-order valence-electron chi connectivity index (χ3n) is 1.22. The van der Waals surface area contributed by atoms with Crippen molar-refractivity contribution >= 4 is 21.8 Å². The highest BCUT2D eigenvalue weighted by Crippen LogP contribution is 2.07. The van der Waals surface area contributed by atoms with Gasteiger partial charge < -0.3 is 51.8 Å². The molecular formula is C8H10B3F12-3. The summed E-state index contributed by atoms with van der Waals surface area (Å²) in [4.78, 5) is 0. The van der Waals surface area contributed by atoms with Gasteiger partial charge in [0.25, 0.3) is 0 Å². The van der Waals surface area contributed by atoms with E-state index in [2.05, 4.69) is 38.1 Å². The largest absolute Gasteiger partial charge is 0.673 e. The summed E-state index contributed by atoms with van der Waals surface area (Å²) in [7, 11) is -18.0. The van der Waals surface area contributed by atoms with Gasteiger partial charge in [-0.05, 0) is 13.8 Å². The van der Waals surface area contributed by atoms with Crippen molar-refractivity contribution in [2.45, 2.75) is 13.8 Å². The average molecular weight is 367 g/mol. The van der Waals surface area contributed by atoms with Crippen LogP contribution in [0.4, 0.5) is 51.8 Å². The number of hydrogen-bond acceptors (Lipinski definition) is 0. The van der Waals surface area contributed by atoms with E-state index in [0.29, 0.717) is 0 Å². The summed E-state index contributed by atoms with van der Waals surface area (Å²) in [6.45, 7) is 4.19. The monoisotopic (exact) mass is 367 g/mol. The van der Waals surface area contributed by atoms with E-state index in [1.165, 1.54) is 11.1 Å². The summed E-state index contributed by atoms with van der Waals surface area (Å²) in [5, 5.41) is 0. The Morgan fingerprint density at radius 2 is 0.522 bits per heavy atom. The first kappa shape index (κ1) is 26.5. The standard InChI is InChI=1S/C8H10.3BF4/c1-7-3-5-8(2)6-4-7;3*2-1(3,4)5/h3-6H,1-2H3;;;/q;3*-1. The second-order valence-corrected chi connectivity index (χ2v) is 3.64. The molecule has 0 saturated heterocycles. The average Bonchev–Trinajstić information content (AvgIpc) is 2.14. The number of halogens is 12. The van der Waals surface area contributed by atoms with E-state index >= 15 is 0 Å². The lowest BCUT2D eigenvalue weighted by Gasteiger charge is -1.94. The number of hydrogen-bond donors (Lipinski definition) is 0. The molecule has 0 atom stereocenters. The lowest BCUT2D eigenvalue weighted by Crippen LogP contribution is -2.02. The van der Waals surface area contributed by atoms with Gasteiger partial charge >= 0.3 is 21.8 Å². The van der Waals surface area contributed by atoms with Gasteiger partial charge in [0.1, 0.15) is 0 Å². The van der Waals surface area contributed by atoms with Gasteiger partial charge in [-0.15, -0.1) is 0 Å². The highest BCUT2D eigenvalue weighted by atomic mass is 19.5. The van der Waals surface area contributed by atoms with Crippen LogP contribution in [0.1, 0.15) is 11.1 Å². The van der Waals surface area contributed by atoms with Crippen LogP contribution in [-0.4, -0.2) is 21.8 Å². The highest BCUT2D eigenvalue weighted by Gasteiger charge is 2.21. The van der Waals surface area contributed by atoms with E-state index in [9.17, 15) is 51.8 Å². The second-order valence-electron chi connectivity index (χ2n) is 3.64. The molecule has 1 aromatic rings. The normalized spacial score (nSPS) is 11.0. The Balaban J connectivity index is -0.000000240. The Labute approximate surface area is 124 Å². The molecule has 1 rings (SSSR count). The molecule has 0 spiro atoms. The van der Waals surface area contributed by atoms with Crippen LogP contribution in [0.2, 0.25) is 0 Å². The fourth-order valence-corrected chi connectivity index (χ4v) is 0.637. The van der Waals surface area contributed by atoms with Crippen molar-refractivity contribution in [3.8, 4) is 0 Å². The Morgan fingerprint density at radius 3 is 0.609 bits per heavy atom. The van der Waals surface area contributed by atoms with Gasteiger partial charge in [-0.1, -0.05) is 35.4 Å². The summed E-state index contributed by atoms with van der Waals surface area (Å²) in [6.07, 6.45) is 0. The zero-order chi connectivity index (χ0) is 19.5. The smallest absolute Gasteiger partial charge is 0.418 e. The number of aryl methyl sites for hydroxylation is 2. The summed E-state index contributed by atoms with van der Waals surface area (Å²) in [5.41, 5.74) is 2.66. The van der Waals surface area contributed by atoms with Crippen LogP contribution in [0.5, 0.6) is 0 Å². The summed E-state index contributed by atoms with van der Waals surface area (Å²) >= 11 is 0. The first-order valence-corrected chi connectivity index (χ1v) is 5.44. The van der Waals surface area contributed by atoms with Crippen LogP contribution in [0.3, 0.4) is 0 Å². The van der Waals surface area contributed by atoms with Gasteiger partial charge in [0.05, 0.1) is 0 Å². The van der Waals surface area contributed by atoms with Crippen molar-refractivity contribution in [1.29, 1.82) is 0 Å². The summed E-state index contributed by atoms with van der Waals surface area (Å²) in [5.74, 6) is 0. The minimum absolute atomic E-state index is 1.33.